The second kappa shape index (κ2) is 5.55. The van der Waals surface area contributed by atoms with Crippen molar-refractivity contribution in [3.63, 3.8) is 0 Å². The molecule has 1 rings (SSSR count). The molecule has 4 nitrogen and oxygen atoms in total. The summed E-state index contributed by atoms with van der Waals surface area (Å²) in [6.07, 6.45) is 2.72. The van der Waals surface area contributed by atoms with Crippen molar-refractivity contribution in [2.75, 3.05) is 19.4 Å². The van der Waals surface area contributed by atoms with Crippen LogP contribution in [0.1, 0.15) is 47.5 Å². The Balaban J connectivity index is 2.98. The van der Waals surface area contributed by atoms with Gasteiger partial charge in [-0.2, -0.15) is 0 Å². The summed E-state index contributed by atoms with van der Waals surface area (Å²) < 4.78 is 23.7. The molecule has 0 spiro atoms. The van der Waals surface area contributed by atoms with Crippen molar-refractivity contribution in [1.82, 2.24) is 0 Å². The summed E-state index contributed by atoms with van der Waals surface area (Å²) >= 11 is 0. The van der Waals surface area contributed by atoms with E-state index in [2.05, 4.69) is 6.92 Å². The molecule has 0 aliphatic carbocycles. The minimum absolute atomic E-state index is 0.530. The first-order valence-corrected chi connectivity index (χ1v) is 8.50. The second-order valence-corrected chi connectivity index (χ2v) is 7.43. The Bertz CT molecular complexity index is 277. The van der Waals surface area contributed by atoms with Gasteiger partial charge in [0.05, 0.1) is 0 Å². The predicted molar refractivity (Wildman–Crippen MR) is 70.5 cm³/mol. The molecule has 0 saturated heterocycles. The van der Waals surface area contributed by atoms with Crippen LogP contribution in [0.5, 0.6) is 0 Å². The maximum absolute atomic E-state index is 5.98. The summed E-state index contributed by atoms with van der Waals surface area (Å²) in [5.74, 6) is 1.56. The van der Waals surface area contributed by atoms with E-state index < -0.39 is 7.51 Å². The summed E-state index contributed by atoms with van der Waals surface area (Å²) in [5.41, 5.74) is 0. The van der Waals surface area contributed by atoms with Crippen LogP contribution in [-0.4, -0.2) is 19.4 Å². The van der Waals surface area contributed by atoms with E-state index in [1.807, 2.05) is 27.7 Å². The average Bonchev–Trinajstić information content (AvgIpc) is 2.51. The van der Waals surface area contributed by atoms with Crippen molar-refractivity contribution in [3.05, 3.63) is 11.5 Å². The quantitative estimate of drug-likeness (QED) is 0.640. The summed E-state index contributed by atoms with van der Waals surface area (Å²) in [6.45, 7) is 10.9. The Kier molecular flexibility index (Phi) is 4.82. The van der Waals surface area contributed by atoms with E-state index in [1.165, 1.54) is 0 Å². The molecule has 0 bridgehead atoms. The van der Waals surface area contributed by atoms with Crippen LogP contribution in [0.2, 0.25) is 0 Å². The van der Waals surface area contributed by atoms with Crippen molar-refractivity contribution >= 4 is 7.51 Å². The fourth-order valence-electron chi connectivity index (χ4n) is 1.95. The first-order chi connectivity index (χ1) is 8.01. The van der Waals surface area contributed by atoms with Crippen LogP contribution < -0.4 is 0 Å². The van der Waals surface area contributed by atoms with Crippen LogP contribution in [0.25, 0.3) is 0 Å². The third-order valence-electron chi connectivity index (χ3n) is 2.76. The Labute approximate surface area is 105 Å². The van der Waals surface area contributed by atoms with Crippen LogP contribution in [0.15, 0.2) is 11.5 Å². The Morgan fingerprint density at radius 3 is 1.76 bits per heavy atom. The maximum atomic E-state index is 5.98. The van der Waals surface area contributed by atoms with Crippen LogP contribution in [0, 0.1) is 0 Å². The van der Waals surface area contributed by atoms with Gasteiger partial charge in [-0.3, -0.25) is 0 Å². The Hall–Kier alpha value is -0.310. The third kappa shape index (κ3) is 2.93. The van der Waals surface area contributed by atoms with E-state index in [0.29, 0.717) is 19.4 Å². The van der Waals surface area contributed by atoms with Gasteiger partial charge in [0.2, 0.25) is 0 Å². The summed E-state index contributed by atoms with van der Waals surface area (Å²) in [5, 5.41) is 0. The van der Waals surface area contributed by atoms with Gasteiger partial charge >= 0.3 is 104 Å². The molecule has 0 aromatic heterocycles. The van der Waals surface area contributed by atoms with E-state index in [0.717, 1.165) is 24.4 Å². The standard InChI is InChI=1S/C12H25O4P/c1-6-9-10-17(13-7-2,14-8-3)15-11(4)12(5)16-17/h6-10H2,1-5H3. The van der Waals surface area contributed by atoms with Gasteiger partial charge in [-0.25, -0.2) is 0 Å². The van der Waals surface area contributed by atoms with E-state index in [9.17, 15) is 0 Å². The fourth-order valence-corrected chi connectivity index (χ4v) is 5.86. The summed E-state index contributed by atoms with van der Waals surface area (Å²) in [7, 11) is -3.38. The number of rotatable bonds is 7. The molecule has 1 aliphatic rings. The molecule has 0 saturated carbocycles. The zero-order valence-electron chi connectivity index (χ0n) is 11.6. The van der Waals surface area contributed by atoms with Crippen LogP contribution >= 0.6 is 7.51 Å². The molecule has 1 heterocycles. The second-order valence-electron chi connectivity index (χ2n) is 4.17. The Morgan fingerprint density at radius 1 is 0.941 bits per heavy atom. The molecule has 102 valence electrons. The molecule has 0 radical (unpaired) electrons. The molecule has 0 unspecified atom stereocenters. The van der Waals surface area contributed by atoms with Crippen molar-refractivity contribution in [2.24, 2.45) is 0 Å². The van der Waals surface area contributed by atoms with Crippen LogP contribution in [0.3, 0.4) is 0 Å². The monoisotopic (exact) mass is 264 g/mol. The molecule has 1 aliphatic heterocycles. The molecule has 0 atom stereocenters. The number of hydrogen-bond donors (Lipinski definition) is 0. The number of unbranched alkanes of at least 4 members (excludes halogenated alkanes) is 1. The topological polar surface area (TPSA) is 36.9 Å². The first kappa shape index (κ1) is 14.7. The molecular formula is C12H25O4P. The van der Waals surface area contributed by atoms with Gasteiger partial charge in [-0.1, -0.05) is 0 Å². The van der Waals surface area contributed by atoms with Crippen molar-refractivity contribution in [2.45, 2.75) is 47.5 Å². The number of hydrogen-bond acceptors (Lipinski definition) is 4. The average molecular weight is 264 g/mol. The van der Waals surface area contributed by atoms with Crippen molar-refractivity contribution in [1.29, 1.82) is 0 Å². The molecule has 5 heteroatoms. The van der Waals surface area contributed by atoms with E-state index in [1.54, 1.807) is 0 Å². The molecular weight excluding hydrogens is 239 g/mol. The summed E-state index contributed by atoms with van der Waals surface area (Å²) in [4.78, 5) is 0. The van der Waals surface area contributed by atoms with E-state index >= 15 is 0 Å². The van der Waals surface area contributed by atoms with Gasteiger partial charge in [0, 0.05) is 0 Å². The van der Waals surface area contributed by atoms with E-state index in [-0.39, 0.29) is 0 Å². The normalized spacial score (nSPS) is 23.7. The summed E-state index contributed by atoms with van der Waals surface area (Å²) in [6, 6.07) is 0. The molecule has 0 aromatic rings. The first-order valence-electron chi connectivity index (χ1n) is 6.40. The SMILES string of the molecule is CCCCP1(OCC)(OCC)OC(C)=C(C)O1. The van der Waals surface area contributed by atoms with Gasteiger partial charge in [-0.05, 0) is 0 Å². The van der Waals surface area contributed by atoms with Gasteiger partial charge < -0.3 is 0 Å². The van der Waals surface area contributed by atoms with Crippen LogP contribution in [0.4, 0.5) is 0 Å². The van der Waals surface area contributed by atoms with Crippen LogP contribution in [-0.2, 0) is 18.1 Å². The molecule has 0 amide bonds. The molecule has 0 N–H and O–H groups in total. The van der Waals surface area contributed by atoms with E-state index in [4.69, 9.17) is 18.1 Å². The molecule has 0 aromatic carbocycles. The zero-order valence-corrected chi connectivity index (χ0v) is 12.5. The molecule has 0 fully saturated rings. The van der Waals surface area contributed by atoms with Gasteiger partial charge in [0.1, 0.15) is 0 Å². The predicted octanol–water partition coefficient (Wildman–Crippen LogP) is 4.37. The zero-order chi connectivity index (χ0) is 13.0. The number of allylic oxidation sites excluding steroid dienone is 2. The van der Waals surface area contributed by atoms with Gasteiger partial charge in [0.15, 0.2) is 0 Å². The van der Waals surface area contributed by atoms with Gasteiger partial charge in [0.25, 0.3) is 0 Å². The third-order valence-corrected chi connectivity index (χ3v) is 6.57. The van der Waals surface area contributed by atoms with Gasteiger partial charge in [-0.15, -0.1) is 0 Å². The Morgan fingerprint density at radius 2 is 1.41 bits per heavy atom. The fraction of sp³-hybridized carbons (Fsp3) is 0.833. The van der Waals surface area contributed by atoms with Crippen molar-refractivity contribution in [3.8, 4) is 0 Å². The van der Waals surface area contributed by atoms with Crippen molar-refractivity contribution < 1.29 is 18.1 Å². The molecule has 17 heavy (non-hydrogen) atoms. The minimum atomic E-state index is -3.38.